The van der Waals surface area contributed by atoms with Crippen molar-refractivity contribution in [3.63, 3.8) is 0 Å². The lowest BCUT2D eigenvalue weighted by molar-refractivity contribution is -0.111. The molecule has 0 saturated carbocycles. The molecule has 4 heteroatoms. The second kappa shape index (κ2) is 7.30. The molecule has 3 aromatic rings. The zero-order chi connectivity index (χ0) is 18.6. The van der Waals surface area contributed by atoms with Gasteiger partial charge in [-0.15, -0.1) is 0 Å². The number of carbonyl (C=O) groups excluding carboxylic acids is 2. The van der Waals surface area contributed by atoms with Crippen molar-refractivity contribution in [2.75, 3.05) is 10.2 Å². The van der Waals surface area contributed by atoms with Gasteiger partial charge in [-0.2, -0.15) is 0 Å². The molecule has 0 unspecified atom stereocenters. The molecule has 3 aromatic carbocycles. The molecule has 0 fully saturated rings. The number of benzene rings is 3. The summed E-state index contributed by atoms with van der Waals surface area (Å²) in [5.41, 5.74) is 4.25. The van der Waals surface area contributed by atoms with Crippen molar-refractivity contribution in [3.8, 4) is 0 Å². The fourth-order valence-electron chi connectivity index (χ4n) is 3.11. The first-order valence-corrected chi connectivity index (χ1v) is 8.75. The highest BCUT2D eigenvalue weighted by Gasteiger charge is 2.27. The molecule has 0 bridgehead atoms. The van der Waals surface area contributed by atoms with Crippen molar-refractivity contribution in [2.24, 2.45) is 0 Å². The number of carbonyl (C=O) groups is 2. The molecular weight excluding hydrogens is 336 g/mol. The summed E-state index contributed by atoms with van der Waals surface area (Å²) in [5, 5.41) is 2.83. The minimum absolute atomic E-state index is 0.00757. The third-order valence-corrected chi connectivity index (χ3v) is 4.49. The van der Waals surface area contributed by atoms with Gasteiger partial charge in [0.15, 0.2) is 0 Å². The van der Waals surface area contributed by atoms with Crippen LogP contribution in [0, 0.1) is 0 Å². The zero-order valence-corrected chi connectivity index (χ0v) is 14.6. The predicted octanol–water partition coefficient (Wildman–Crippen LogP) is 4.50. The maximum absolute atomic E-state index is 12.5. The molecule has 0 spiro atoms. The quantitative estimate of drug-likeness (QED) is 0.702. The van der Waals surface area contributed by atoms with Gasteiger partial charge in [-0.05, 0) is 47.5 Å². The van der Waals surface area contributed by atoms with Gasteiger partial charge in [0.1, 0.15) is 0 Å². The van der Waals surface area contributed by atoms with Crippen LogP contribution in [-0.2, 0) is 11.3 Å². The monoisotopic (exact) mass is 354 g/mol. The number of amides is 2. The summed E-state index contributed by atoms with van der Waals surface area (Å²) in [6.45, 7) is 0.570. The zero-order valence-electron chi connectivity index (χ0n) is 14.6. The number of nitrogens with zero attached hydrogens (tertiary/aromatic N) is 1. The largest absolute Gasteiger partial charge is 0.323 e. The molecule has 4 rings (SSSR count). The lowest BCUT2D eigenvalue weighted by Crippen LogP contribution is -2.22. The Bertz CT molecular complexity index is 1010. The van der Waals surface area contributed by atoms with Crippen LogP contribution in [-0.4, -0.2) is 11.8 Å². The second-order valence-electron chi connectivity index (χ2n) is 6.33. The molecule has 27 heavy (non-hydrogen) atoms. The molecule has 4 nitrogen and oxygen atoms in total. The van der Waals surface area contributed by atoms with E-state index in [0.29, 0.717) is 12.2 Å². The van der Waals surface area contributed by atoms with Crippen LogP contribution in [0.25, 0.3) is 6.08 Å². The Morgan fingerprint density at radius 1 is 0.889 bits per heavy atom. The first-order chi connectivity index (χ1) is 13.2. The lowest BCUT2D eigenvalue weighted by atomic mass is 10.1. The summed E-state index contributed by atoms with van der Waals surface area (Å²) in [5.74, 6) is -0.190. The number of rotatable bonds is 4. The van der Waals surface area contributed by atoms with E-state index < -0.39 is 0 Å². The molecule has 1 aliphatic rings. The van der Waals surface area contributed by atoms with Gasteiger partial charge in [0, 0.05) is 23.0 Å². The van der Waals surface area contributed by atoms with Gasteiger partial charge in [0.25, 0.3) is 5.91 Å². The van der Waals surface area contributed by atoms with Crippen LogP contribution in [0.2, 0.25) is 0 Å². The molecule has 1 heterocycles. The minimum Gasteiger partial charge on any atom is -0.323 e. The SMILES string of the molecule is O=C(/C=C/c1ccccc1)Nc1ccc(N2Cc3ccccc3C2=O)cc1. The Hall–Kier alpha value is -3.66. The van der Waals surface area contributed by atoms with E-state index in [2.05, 4.69) is 5.32 Å². The van der Waals surface area contributed by atoms with Crippen LogP contribution in [0.4, 0.5) is 11.4 Å². The molecule has 0 aromatic heterocycles. The van der Waals surface area contributed by atoms with Crippen molar-refractivity contribution in [1.82, 2.24) is 0 Å². The fraction of sp³-hybridized carbons (Fsp3) is 0.0435. The standard InChI is InChI=1S/C23H18N2O2/c26-22(15-10-17-6-2-1-3-7-17)24-19-11-13-20(14-12-19)25-16-18-8-4-5-9-21(18)23(25)27/h1-15H,16H2,(H,24,26)/b15-10+. The Morgan fingerprint density at radius 3 is 2.33 bits per heavy atom. The normalized spacial score (nSPS) is 13.0. The topological polar surface area (TPSA) is 49.4 Å². The minimum atomic E-state index is -0.198. The first kappa shape index (κ1) is 16.8. The van der Waals surface area contributed by atoms with Crippen LogP contribution >= 0.6 is 0 Å². The van der Waals surface area contributed by atoms with E-state index in [1.165, 1.54) is 6.08 Å². The van der Waals surface area contributed by atoms with Crippen LogP contribution in [0.15, 0.2) is 84.9 Å². The van der Waals surface area contributed by atoms with E-state index in [1.54, 1.807) is 23.1 Å². The molecule has 0 aliphatic carbocycles. The Labute approximate surface area is 157 Å². The van der Waals surface area contributed by atoms with E-state index in [4.69, 9.17) is 0 Å². The van der Waals surface area contributed by atoms with Gasteiger partial charge < -0.3 is 10.2 Å². The van der Waals surface area contributed by atoms with E-state index in [9.17, 15) is 9.59 Å². The number of hydrogen-bond donors (Lipinski definition) is 1. The Morgan fingerprint density at radius 2 is 1.59 bits per heavy atom. The molecule has 0 saturated heterocycles. The summed E-state index contributed by atoms with van der Waals surface area (Å²) in [7, 11) is 0. The van der Waals surface area contributed by atoms with Crippen LogP contribution in [0.3, 0.4) is 0 Å². The summed E-state index contributed by atoms with van der Waals surface area (Å²) in [6, 6.07) is 24.6. The van der Waals surface area contributed by atoms with Gasteiger partial charge in [-0.3, -0.25) is 9.59 Å². The molecule has 1 aliphatic heterocycles. The summed E-state index contributed by atoms with van der Waals surface area (Å²) in [6.07, 6.45) is 3.27. The van der Waals surface area contributed by atoms with Gasteiger partial charge in [0.05, 0.1) is 6.54 Å². The highest BCUT2D eigenvalue weighted by atomic mass is 16.2. The fourth-order valence-corrected chi connectivity index (χ4v) is 3.11. The van der Waals surface area contributed by atoms with Crippen molar-refractivity contribution >= 4 is 29.3 Å². The third-order valence-electron chi connectivity index (χ3n) is 4.49. The average Bonchev–Trinajstić information content (AvgIpc) is 3.05. The van der Waals surface area contributed by atoms with Gasteiger partial charge in [-0.1, -0.05) is 48.5 Å². The maximum Gasteiger partial charge on any atom is 0.258 e. The molecular formula is C23H18N2O2. The number of nitrogens with one attached hydrogen (secondary N) is 1. The van der Waals surface area contributed by atoms with Crippen molar-refractivity contribution < 1.29 is 9.59 Å². The van der Waals surface area contributed by atoms with Gasteiger partial charge in [0.2, 0.25) is 5.91 Å². The molecule has 2 amide bonds. The lowest BCUT2D eigenvalue weighted by Gasteiger charge is -2.16. The first-order valence-electron chi connectivity index (χ1n) is 8.75. The summed E-state index contributed by atoms with van der Waals surface area (Å²) >= 11 is 0. The molecule has 0 atom stereocenters. The maximum atomic E-state index is 12.5. The highest BCUT2D eigenvalue weighted by Crippen LogP contribution is 2.28. The smallest absolute Gasteiger partial charge is 0.258 e. The molecule has 0 radical (unpaired) electrons. The van der Waals surface area contributed by atoms with Crippen LogP contribution in [0.5, 0.6) is 0 Å². The van der Waals surface area contributed by atoms with E-state index >= 15 is 0 Å². The van der Waals surface area contributed by atoms with Crippen LogP contribution < -0.4 is 10.2 Å². The summed E-state index contributed by atoms with van der Waals surface area (Å²) in [4.78, 5) is 26.3. The van der Waals surface area contributed by atoms with Crippen molar-refractivity contribution in [3.05, 3.63) is 102 Å². The second-order valence-corrected chi connectivity index (χ2v) is 6.33. The number of hydrogen-bond acceptors (Lipinski definition) is 2. The average molecular weight is 354 g/mol. The highest BCUT2D eigenvalue weighted by molar-refractivity contribution is 6.10. The summed E-state index contributed by atoms with van der Waals surface area (Å²) < 4.78 is 0. The predicted molar refractivity (Wildman–Crippen MR) is 108 cm³/mol. The number of anilines is 2. The van der Waals surface area contributed by atoms with Gasteiger partial charge >= 0.3 is 0 Å². The molecule has 132 valence electrons. The Balaban J connectivity index is 1.42. The molecule has 1 N–H and O–H groups in total. The van der Waals surface area contributed by atoms with E-state index in [0.717, 1.165) is 22.4 Å². The third kappa shape index (κ3) is 3.65. The van der Waals surface area contributed by atoms with E-state index in [-0.39, 0.29) is 11.8 Å². The van der Waals surface area contributed by atoms with E-state index in [1.807, 2.05) is 66.7 Å². The van der Waals surface area contributed by atoms with Crippen LogP contribution in [0.1, 0.15) is 21.5 Å². The van der Waals surface area contributed by atoms with Gasteiger partial charge in [-0.25, -0.2) is 0 Å². The van der Waals surface area contributed by atoms with Crippen molar-refractivity contribution in [1.29, 1.82) is 0 Å². The van der Waals surface area contributed by atoms with Crippen molar-refractivity contribution in [2.45, 2.75) is 6.54 Å². The Kier molecular flexibility index (Phi) is 4.54. The number of fused-ring (bicyclic) bond motifs is 1.